The van der Waals surface area contributed by atoms with Crippen LogP contribution in [0, 0.1) is 22.7 Å². The number of ketones is 1. The average molecular weight is 738 g/mol. The smallest absolute Gasteiger partial charge is 0.315 e. The number of nitrogens with one attached hydrogen (secondary N) is 4. The van der Waals surface area contributed by atoms with E-state index in [0.717, 1.165) is 25.7 Å². The number of methoxy groups -OCH3 is 1. The average Bonchev–Trinajstić information content (AvgIpc) is 3.33. The summed E-state index contributed by atoms with van der Waals surface area (Å²) in [6, 6.07) is -3.67. The van der Waals surface area contributed by atoms with Crippen LogP contribution in [0.1, 0.15) is 107 Å². The number of Topliss-reactive ketones (excluding diaryl/α,β-unsaturated/α-hetero) is 1. The predicted octanol–water partition coefficient (Wildman–Crippen LogP) is 3.27. The van der Waals surface area contributed by atoms with Gasteiger partial charge in [-0.05, 0) is 55.8 Å². The minimum Gasteiger partial charge on any atom is -0.383 e. The lowest BCUT2D eigenvalue weighted by Crippen LogP contribution is -2.64. The Balaban J connectivity index is 1.87. The number of sulfone groups is 1. The van der Waals surface area contributed by atoms with Gasteiger partial charge in [0.1, 0.15) is 12.1 Å². The number of nitrogens with zero attached hydrogens (tertiary/aromatic N) is 1. The van der Waals surface area contributed by atoms with E-state index in [1.165, 1.54) is 18.1 Å². The maximum absolute atomic E-state index is 14.5. The summed E-state index contributed by atoms with van der Waals surface area (Å²) in [5.74, 6) is -2.89. The SMILES string of the molecule is C=CCNC(=O)C(=O)[C@H](CCCC)NC(=O)[C@@H]1[C@@H]2[C@H](CN1C(=O)[C@@H](NC(=O)NC1(CS(=O)(=O)C(C)(C)COC)CCCCC1)C(C)(C)C)C2(C)C. The second kappa shape index (κ2) is 16.3. The molecule has 3 fully saturated rings. The minimum atomic E-state index is -3.71. The Morgan fingerprint density at radius 2 is 1.65 bits per heavy atom. The van der Waals surface area contributed by atoms with Gasteiger partial charge in [0.05, 0.1) is 28.7 Å². The number of piperidine rings is 1. The highest BCUT2D eigenvalue weighted by Crippen LogP contribution is 2.65. The van der Waals surface area contributed by atoms with E-state index < -0.39 is 73.2 Å². The van der Waals surface area contributed by atoms with Crippen molar-refractivity contribution in [1.29, 1.82) is 0 Å². The number of unbranched alkanes of at least 4 members (excludes halogenated alkanes) is 1. The molecule has 0 radical (unpaired) electrons. The molecule has 0 unspecified atom stereocenters. The summed E-state index contributed by atoms with van der Waals surface area (Å²) in [5.41, 5.74) is -2.02. The quantitative estimate of drug-likeness (QED) is 0.130. The molecule has 3 rings (SSSR count). The standard InChI is InChI=1S/C37H63N5O8S/c1-11-13-17-25(28(43)31(45)38-20-12-2)39-30(44)27-26-24(36(26,8)9)21-42(27)32(46)29(34(3,4)5)40-33(47)41-37(18-15-14-16-19-37)23-51(48,49)35(6,7)22-50-10/h12,24-27,29H,2,11,13-23H2,1,3-10H3,(H,38,45)(H,39,44)(H2,40,41,47)/t24-,25-,26-,27-,29+/m0/s1. The number of likely N-dealkylation sites (tertiary alicyclic amines) is 1. The molecule has 2 aliphatic carbocycles. The molecule has 5 amide bonds. The number of urea groups is 1. The number of ether oxygens (including phenoxy) is 1. The molecule has 13 nitrogen and oxygen atoms in total. The van der Waals surface area contributed by atoms with Gasteiger partial charge in [-0.1, -0.05) is 79.7 Å². The summed E-state index contributed by atoms with van der Waals surface area (Å²) < 4.78 is 31.3. The molecule has 290 valence electrons. The van der Waals surface area contributed by atoms with Gasteiger partial charge in [0.2, 0.25) is 17.6 Å². The minimum absolute atomic E-state index is 0.0115. The van der Waals surface area contributed by atoms with Gasteiger partial charge in [0.15, 0.2) is 9.84 Å². The van der Waals surface area contributed by atoms with Crippen LogP contribution in [0.2, 0.25) is 0 Å². The van der Waals surface area contributed by atoms with Gasteiger partial charge in [-0.15, -0.1) is 6.58 Å². The van der Waals surface area contributed by atoms with Gasteiger partial charge in [-0.3, -0.25) is 19.2 Å². The highest BCUT2D eigenvalue weighted by Gasteiger charge is 2.70. The molecule has 2 saturated carbocycles. The molecule has 0 aromatic carbocycles. The van der Waals surface area contributed by atoms with E-state index in [0.29, 0.717) is 25.8 Å². The summed E-state index contributed by atoms with van der Waals surface area (Å²) in [7, 11) is -2.26. The molecular formula is C37H63N5O8S. The molecule has 1 saturated heterocycles. The largest absolute Gasteiger partial charge is 0.383 e. The van der Waals surface area contributed by atoms with Crippen LogP contribution < -0.4 is 21.3 Å². The van der Waals surface area contributed by atoms with E-state index in [1.54, 1.807) is 13.8 Å². The summed E-state index contributed by atoms with van der Waals surface area (Å²) in [4.78, 5) is 69.6. The molecule has 0 spiro atoms. The Bertz CT molecular complexity index is 1430. The Morgan fingerprint density at radius 1 is 1.02 bits per heavy atom. The van der Waals surface area contributed by atoms with Gasteiger partial charge in [0.25, 0.3) is 5.91 Å². The molecule has 5 atom stereocenters. The van der Waals surface area contributed by atoms with E-state index in [1.807, 2.05) is 41.5 Å². The fraction of sp³-hybridized carbons (Fsp3) is 0.811. The molecule has 0 aromatic rings. The molecule has 0 bridgehead atoms. The molecule has 1 heterocycles. The third kappa shape index (κ3) is 9.71. The van der Waals surface area contributed by atoms with Crippen LogP contribution in [0.25, 0.3) is 0 Å². The Morgan fingerprint density at radius 3 is 2.20 bits per heavy atom. The summed E-state index contributed by atoms with van der Waals surface area (Å²) >= 11 is 0. The Kier molecular flexibility index (Phi) is 13.6. The van der Waals surface area contributed by atoms with Crippen molar-refractivity contribution in [3.63, 3.8) is 0 Å². The first-order valence-corrected chi connectivity index (χ1v) is 20.1. The molecule has 0 aromatic heterocycles. The van der Waals surface area contributed by atoms with Crippen molar-refractivity contribution in [1.82, 2.24) is 26.2 Å². The fourth-order valence-corrected chi connectivity index (χ4v) is 9.69. The van der Waals surface area contributed by atoms with Crippen molar-refractivity contribution in [2.24, 2.45) is 22.7 Å². The van der Waals surface area contributed by atoms with Gasteiger partial charge in [-0.2, -0.15) is 0 Å². The lowest BCUT2D eigenvalue weighted by atomic mass is 9.83. The fourth-order valence-electron chi connectivity index (χ4n) is 7.91. The van der Waals surface area contributed by atoms with Crippen molar-refractivity contribution in [2.75, 3.05) is 32.6 Å². The van der Waals surface area contributed by atoms with Crippen LogP contribution in [0.4, 0.5) is 4.79 Å². The number of hydrogen-bond acceptors (Lipinski definition) is 8. The number of carbonyl (C=O) groups excluding carboxylic acids is 5. The Labute approximate surface area is 305 Å². The highest BCUT2D eigenvalue weighted by atomic mass is 32.2. The van der Waals surface area contributed by atoms with Crippen molar-refractivity contribution in [2.45, 2.75) is 135 Å². The third-order valence-electron chi connectivity index (χ3n) is 11.2. The van der Waals surface area contributed by atoms with Crippen LogP contribution in [0.5, 0.6) is 0 Å². The number of rotatable bonds is 17. The Hall–Kier alpha value is -3.00. The maximum atomic E-state index is 14.5. The zero-order valence-electron chi connectivity index (χ0n) is 32.3. The molecule has 51 heavy (non-hydrogen) atoms. The highest BCUT2D eigenvalue weighted by molar-refractivity contribution is 7.92. The molecule has 1 aliphatic heterocycles. The van der Waals surface area contributed by atoms with Gasteiger partial charge in [0, 0.05) is 20.2 Å². The number of carbonyl (C=O) groups is 5. The molecule has 4 N–H and O–H groups in total. The predicted molar refractivity (Wildman–Crippen MR) is 196 cm³/mol. The van der Waals surface area contributed by atoms with E-state index in [9.17, 15) is 32.4 Å². The molecule has 3 aliphatic rings. The normalized spacial score (nSPS) is 23.6. The van der Waals surface area contributed by atoms with Crippen LogP contribution in [-0.4, -0.2) is 104 Å². The summed E-state index contributed by atoms with van der Waals surface area (Å²) in [6.07, 6.45) is 6.48. The van der Waals surface area contributed by atoms with E-state index in [2.05, 4.69) is 27.8 Å². The van der Waals surface area contributed by atoms with Gasteiger partial charge < -0.3 is 30.9 Å². The second-order valence-corrected chi connectivity index (χ2v) is 19.8. The van der Waals surface area contributed by atoms with Crippen LogP contribution >= 0.6 is 0 Å². The van der Waals surface area contributed by atoms with E-state index in [4.69, 9.17) is 4.74 Å². The number of amides is 5. The topological polar surface area (TPSA) is 180 Å². The number of hydrogen-bond donors (Lipinski definition) is 4. The first-order chi connectivity index (χ1) is 23.6. The lowest BCUT2D eigenvalue weighted by molar-refractivity contribution is -0.145. The van der Waals surface area contributed by atoms with Crippen molar-refractivity contribution >= 4 is 39.4 Å². The third-order valence-corrected chi connectivity index (χ3v) is 14.0. The van der Waals surface area contributed by atoms with Crippen LogP contribution in [0.3, 0.4) is 0 Å². The van der Waals surface area contributed by atoms with Gasteiger partial charge in [-0.25, -0.2) is 13.2 Å². The van der Waals surface area contributed by atoms with E-state index in [-0.39, 0.29) is 42.6 Å². The number of fused-ring (bicyclic) bond motifs is 1. The first-order valence-electron chi connectivity index (χ1n) is 18.4. The monoisotopic (exact) mass is 737 g/mol. The second-order valence-electron chi connectivity index (χ2n) is 17.1. The van der Waals surface area contributed by atoms with E-state index >= 15 is 0 Å². The van der Waals surface area contributed by atoms with Gasteiger partial charge >= 0.3 is 6.03 Å². The van der Waals surface area contributed by atoms with Crippen molar-refractivity contribution in [3.8, 4) is 0 Å². The zero-order chi connectivity index (χ0) is 38.6. The molecule has 14 heteroatoms. The summed E-state index contributed by atoms with van der Waals surface area (Å²) in [5, 5.41) is 11.2. The zero-order valence-corrected chi connectivity index (χ0v) is 33.1. The van der Waals surface area contributed by atoms with Crippen LogP contribution in [0.15, 0.2) is 12.7 Å². The maximum Gasteiger partial charge on any atom is 0.315 e. The van der Waals surface area contributed by atoms with Crippen molar-refractivity contribution < 1.29 is 37.1 Å². The first kappa shape index (κ1) is 42.4. The summed E-state index contributed by atoms with van der Waals surface area (Å²) in [6.45, 7) is 18.7. The van der Waals surface area contributed by atoms with Crippen LogP contribution in [-0.2, 0) is 33.8 Å². The lowest BCUT2D eigenvalue weighted by Gasteiger charge is -2.41. The van der Waals surface area contributed by atoms with Crippen molar-refractivity contribution in [3.05, 3.63) is 12.7 Å². The molecular weight excluding hydrogens is 675 g/mol.